The van der Waals surface area contributed by atoms with Gasteiger partial charge >= 0.3 is 5.97 Å². The van der Waals surface area contributed by atoms with Crippen molar-refractivity contribution in [2.75, 3.05) is 7.11 Å². The summed E-state index contributed by atoms with van der Waals surface area (Å²) >= 11 is 0. The fraction of sp³-hybridized carbons (Fsp3) is 0.0385. The van der Waals surface area contributed by atoms with Crippen molar-refractivity contribution in [3.05, 3.63) is 107 Å². The SMILES string of the molecule is COC(=O)/C(=C/c1ccccc1)c1c(-c2cc(F)c(F)c(F)c2)ccc2ccccc12. The number of hydrogen-bond donors (Lipinski definition) is 0. The highest BCUT2D eigenvalue weighted by Gasteiger charge is 2.22. The standard InChI is InChI=1S/C26H17F3O2/c1-31-26(30)21(13-16-7-3-2-4-8-16)24-19-10-6-5-9-17(19)11-12-20(24)18-14-22(27)25(29)23(28)15-18/h2-15H,1H3/b21-13+. The van der Waals surface area contributed by atoms with Crippen LogP contribution in [0.4, 0.5) is 13.2 Å². The molecule has 0 spiro atoms. The Hall–Kier alpha value is -3.86. The van der Waals surface area contributed by atoms with Gasteiger partial charge in [0.25, 0.3) is 0 Å². The van der Waals surface area contributed by atoms with Crippen molar-refractivity contribution < 1.29 is 22.7 Å². The fourth-order valence-electron chi connectivity index (χ4n) is 3.57. The van der Waals surface area contributed by atoms with Crippen molar-refractivity contribution in [1.82, 2.24) is 0 Å². The largest absolute Gasteiger partial charge is 0.465 e. The molecular formula is C26H17F3O2. The van der Waals surface area contributed by atoms with Crippen LogP contribution in [0.1, 0.15) is 11.1 Å². The number of ether oxygens (including phenoxy) is 1. The molecule has 4 rings (SSSR count). The molecule has 0 aromatic heterocycles. The molecule has 4 aromatic carbocycles. The van der Waals surface area contributed by atoms with Crippen LogP contribution in [-0.2, 0) is 9.53 Å². The first-order chi connectivity index (χ1) is 15.0. The number of esters is 1. The molecule has 154 valence electrons. The van der Waals surface area contributed by atoms with Gasteiger partial charge in [0.15, 0.2) is 17.5 Å². The van der Waals surface area contributed by atoms with E-state index in [0.717, 1.165) is 23.1 Å². The third-order valence-electron chi connectivity index (χ3n) is 5.01. The van der Waals surface area contributed by atoms with Gasteiger partial charge < -0.3 is 4.74 Å². The lowest BCUT2D eigenvalue weighted by Crippen LogP contribution is -2.06. The normalized spacial score (nSPS) is 11.5. The predicted octanol–water partition coefficient (Wildman–Crippen LogP) is 6.64. The molecule has 0 saturated carbocycles. The Balaban J connectivity index is 2.08. The van der Waals surface area contributed by atoms with Crippen molar-refractivity contribution in [3.8, 4) is 11.1 Å². The fourth-order valence-corrected chi connectivity index (χ4v) is 3.57. The van der Waals surface area contributed by atoms with Gasteiger partial charge in [-0.25, -0.2) is 18.0 Å². The number of carbonyl (C=O) groups excluding carboxylic acids is 1. The Morgan fingerprint density at radius 2 is 1.48 bits per heavy atom. The smallest absolute Gasteiger partial charge is 0.338 e. The van der Waals surface area contributed by atoms with Crippen LogP contribution in [0.15, 0.2) is 78.9 Å². The first-order valence-corrected chi connectivity index (χ1v) is 9.51. The minimum absolute atomic E-state index is 0.111. The summed E-state index contributed by atoms with van der Waals surface area (Å²) in [5.41, 5.74) is 1.90. The molecule has 2 nitrogen and oxygen atoms in total. The zero-order valence-corrected chi connectivity index (χ0v) is 16.5. The second-order valence-electron chi connectivity index (χ2n) is 6.92. The van der Waals surface area contributed by atoms with Gasteiger partial charge in [-0.05, 0) is 45.7 Å². The van der Waals surface area contributed by atoms with Crippen LogP contribution in [0.3, 0.4) is 0 Å². The summed E-state index contributed by atoms with van der Waals surface area (Å²) in [7, 11) is 1.27. The zero-order valence-electron chi connectivity index (χ0n) is 16.5. The molecule has 0 radical (unpaired) electrons. The summed E-state index contributed by atoms with van der Waals surface area (Å²) in [5, 5.41) is 1.52. The molecule has 4 aromatic rings. The van der Waals surface area contributed by atoms with E-state index in [-0.39, 0.29) is 11.1 Å². The maximum atomic E-state index is 14.0. The van der Waals surface area contributed by atoms with E-state index in [4.69, 9.17) is 4.74 Å². The van der Waals surface area contributed by atoms with Crippen LogP contribution in [-0.4, -0.2) is 13.1 Å². The molecule has 0 bridgehead atoms. The van der Waals surface area contributed by atoms with E-state index in [1.54, 1.807) is 24.3 Å². The number of carbonyl (C=O) groups is 1. The lowest BCUT2D eigenvalue weighted by atomic mass is 9.88. The molecular weight excluding hydrogens is 401 g/mol. The lowest BCUT2D eigenvalue weighted by molar-refractivity contribution is -0.133. The van der Waals surface area contributed by atoms with Gasteiger partial charge in [-0.15, -0.1) is 0 Å². The topological polar surface area (TPSA) is 26.3 Å². The third kappa shape index (κ3) is 3.94. The van der Waals surface area contributed by atoms with Gasteiger partial charge in [-0.3, -0.25) is 0 Å². The molecule has 31 heavy (non-hydrogen) atoms. The third-order valence-corrected chi connectivity index (χ3v) is 5.01. The Bertz CT molecular complexity index is 1290. The van der Waals surface area contributed by atoms with Gasteiger partial charge in [0, 0.05) is 5.56 Å². The molecule has 0 N–H and O–H groups in total. The van der Waals surface area contributed by atoms with Gasteiger partial charge in [-0.1, -0.05) is 66.7 Å². The van der Waals surface area contributed by atoms with Gasteiger partial charge in [0.1, 0.15) is 0 Å². The van der Waals surface area contributed by atoms with Crippen LogP contribution in [0.2, 0.25) is 0 Å². The second kappa shape index (κ2) is 8.48. The number of rotatable bonds is 4. The number of hydrogen-bond acceptors (Lipinski definition) is 2. The second-order valence-corrected chi connectivity index (χ2v) is 6.92. The highest BCUT2D eigenvalue weighted by Crippen LogP contribution is 2.37. The number of benzene rings is 4. The summed E-state index contributed by atoms with van der Waals surface area (Å²) in [5.74, 6) is -4.76. The van der Waals surface area contributed by atoms with Crippen molar-refractivity contribution >= 4 is 28.4 Å². The van der Waals surface area contributed by atoms with E-state index < -0.39 is 23.4 Å². The van der Waals surface area contributed by atoms with E-state index in [0.29, 0.717) is 16.5 Å². The maximum Gasteiger partial charge on any atom is 0.338 e. The molecule has 0 fully saturated rings. The molecule has 0 saturated heterocycles. The van der Waals surface area contributed by atoms with E-state index in [2.05, 4.69) is 0 Å². The molecule has 0 amide bonds. The van der Waals surface area contributed by atoms with Gasteiger partial charge in [-0.2, -0.15) is 0 Å². The number of halogens is 3. The zero-order chi connectivity index (χ0) is 22.0. The summed E-state index contributed by atoms with van der Waals surface area (Å²) in [6.07, 6.45) is 1.66. The first kappa shape index (κ1) is 20.4. The Labute approximate surface area is 177 Å². The summed E-state index contributed by atoms with van der Waals surface area (Å²) in [4.78, 5) is 12.8. The van der Waals surface area contributed by atoms with E-state index in [9.17, 15) is 18.0 Å². The Kier molecular flexibility index (Phi) is 5.58. The monoisotopic (exact) mass is 418 g/mol. The highest BCUT2D eigenvalue weighted by atomic mass is 19.2. The maximum absolute atomic E-state index is 14.0. The van der Waals surface area contributed by atoms with Gasteiger partial charge in [0.05, 0.1) is 12.7 Å². The van der Waals surface area contributed by atoms with Crippen LogP contribution in [0.25, 0.3) is 33.5 Å². The van der Waals surface area contributed by atoms with Crippen LogP contribution in [0, 0.1) is 17.5 Å². The van der Waals surface area contributed by atoms with Gasteiger partial charge in [0.2, 0.25) is 0 Å². The Morgan fingerprint density at radius 3 is 2.16 bits per heavy atom. The quantitative estimate of drug-likeness (QED) is 0.161. The number of methoxy groups -OCH3 is 1. The van der Waals surface area contributed by atoms with E-state index in [1.807, 2.05) is 48.5 Å². The van der Waals surface area contributed by atoms with Crippen LogP contribution < -0.4 is 0 Å². The van der Waals surface area contributed by atoms with Crippen molar-refractivity contribution in [2.45, 2.75) is 0 Å². The van der Waals surface area contributed by atoms with E-state index in [1.165, 1.54) is 7.11 Å². The average molecular weight is 418 g/mol. The Morgan fingerprint density at radius 1 is 0.839 bits per heavy atom. The predicted molar refractivity (Wildman–Crippen MR) is 116 cm³/mol. The molecule has 0 aliphatic heterocycles. The summed E-state index contributed by atoms with van der Waals surface area (Å²) in [6, 6.07) is 21.8. The summed E-state index contributed by atoms with van der Waals surface area (Å²) in [6.45, 7) is 0. The van der Waals surface area contributed by atoms with Crippen molar-refractivity contribution in [3.63, 3.8) is 0 Å². The van der Waals surface area contributed by atoms with E-state index >= 15 is 0 Å². The first-order valence-electron chi connectivity index (χ1n) is 9.51. The molecule has 0 heterocycles. The van der Waals surface area contributed by atoms with Crippen molar-refractivity contribution in [2.24, 2.45) is 0 Å². The van der Waals surface area contributed by atoms with Crippen LogP contribution in [0.5, 0.6) is 0 Å². The number of fused-ring (bicyclic) bond motifs is 1. The molecule has 0 aliphatic carbocycles. The van der Waals surface area contributed by atoms with Crippen LogP contribution >= 0.6 is 0 Å². The summed E-state index contributed by atoms with van der Waals surface area (Å²) < 4.78 is 46.6. The minimum Gasteiger partial charge on any atom is -0.465 e. The lowest BCUT2D eigenvalue weighted by Gasteiger charge is -2.16. The molecule has 5 heteroatoms. The molecule has 0 unspecified atom stereocenters. The van der Waals surface area contributed by atoms with Crippen molar-refractivity contribution in [1.29, 1.82) is 0 Å². The average Bonchev–Trinajstić information content (AvgIpc) is 2.80. The minimum atomic E-state index is -1.54. The molecule has 0 aliphatic rings. The molecule has 0 atom stereocenters. The highest BCUT2D eigenvalue weighted by molar-refractivity contribution is 6.26.